The van der Waals surface area contributed by atoms with Crippen molar-refractivity contribution in [3.8, 4) is 0 Å². The standard InChI is InChI=1S/C15H29N3O2/c1-3-7-16-15(14(19)20)6-5-13(12-15)18-10-8-17(4-2)9-11-18/h13,16H,3-12H2,1-2H3,(H,19,20). The highest BCUT2D eigenvalue weighted by Crippen LogP contribution is 2.34. The average Bonchev–Trinajstić information content (AvgIpc) is 2.91. The minimum atomic E-state index is -0.678. The Morgan fingerprint density at radius 2 is 2.00 bits per heavy atom. The fourth-order valence-corrected chi connectivity index (χ4v) is 3.57. The molecule has 5 nitrogen and oxygen atoms in total. The highest BCUT2D eigenvalue weighted by Gasteiger charge is 2.46. The number of rotatable bonds is 6. The third kappa shape index (κ3) is 3.32. The van der Waals surface area contributed by atoms with Gasteiger partial charge in [0.25, 0.3) is 0 Å². The number of nitrogens with one attached hydrogen (secondary N) is 1. The molecule has 0 aromatic rings. The van der Waals surface area contributed by atoms with Crippen molar-refractivity contribution in [2.45, 2.75) is 51.1 Å². The third-order valence-electron chi connectivity index (χ3n) is 4.98. The maximum absolute atomic E-state index is 11.7. The van der Waals surface area contributed by atoms with Crippen LogP contribution in [0.1, 0.15) is 39.5 Å². The fraction of sp³-hybridized carbons (Fsp3) is 0.933. The molecule has 2 N–H and O–H groups in total. The molecule has 2 unspecified atom stereocenters. The van der Waals surface area contributed by atoms with Gasteiger partial charge in [-0.25, -0.2) is 0 Å². The Hall–Kier alpha value is -0.650. The van der Waals surface area contributed by atoms with Crippen molar-refractivity contribution in [2.24, 2.45) is 0 Å². The summed E-state index contributed by atoms with van der Waals surface area (Å²) in [7, 11) is 0. The van der Waals surface area contributed by atoms with Crippen molar-refractivity contribution in [1.29, 1.82) is 0 Å². The normalized spacial score (nSPS) is 32.6. The smallest absolute Gasteiger partial charge is 0.323 e. The van der Waals surface area contributed by atoms with Crippen molar-refractivity contribution in [3.63, 3.8) is 0 Å². The molecule has 1 aliphatic heterocycles. The van der Waals surface area contributed by atoms with Gasteiger partial charge in [-0.1, -0.05) is 13.8 Å². The van der Waals surface area contributed by atoms with E-state index in [1.807, 2.05) is 0 Å². The predicted octanol–water partition coefficient (Wildman–Crippen LogP) is 0.999. The van der Waals surface area contributed by atoms with Crippen LogP contribution in [0, 0.1) is 0 Å². The van der Waals surface area contributed by atoms with Gasteiger partial charge in [-0.2, -0.15) is 0 Å². The van der Waals surface area contributed by atoms with Crippen LogP contribution < -0.4 is 5.32 Å². The SMILES string of the molecule is CCCNC1(C(=O)O)CCC(N2CCN(CC)CC2)C1. The molecule has 0 aromatic heterocycles. The van der Waals surface area contributed by atoms with E-state index in [-0.39, 0.29) is 0 Å². The second-order valence-electron chi connectivity index (χ2n) is 6.18. The van der Waals surface area contributed by atoms with Crippen LogP contribution in [0.5, 0.6) is 0 Å². The molecule has 116 valence electrons. The van der Waals surface area contributed by atoms with Crippen LogP contribution in [0.15, 0.2) is 0 Å². The van der Waals surface area contributed by atoms with Gasteiger partial charge in [0.05, 0.1) is 0 Å². The summed E-state index contributed by atoms with van der Waals surface area (Å²) in [4.78, 5) is 16.6. The lowest BCUT2D eigenvalue weighted by Gasteiger charge is -2.38. The second kappa shape index (κ2) is 6.87. The number of aliphatic carboxylic acids is 1. The van der Waals surface area contributed by atoms with Crippen molar-refractivity contribution < 1.29 is 9.90 Å². The molecule has 2 rings (SSSR count). The van der Waals surface area contributed by atoms with Gasteiger partial charge in [0.15, 0.2) is 0 Å². The first-order valence-electron chi connectivity index (χ1n) is 8.06. The van der Waals surface area contributed by atoms with Crippen molar-refractivity contribution in [1.82, 2.24) is 15.1 Å². The molecule has 5 heteroatoms. The number of nitrogens with zero attached hydrogens (tertiary/aromatic N) is 2. The molecule has 2 fully saturated rings. The van der Waals surface area contributed by atoms with E-state index < -0.39 is 11.5 Å². The number of carboxylic acids is 1. The Kier molecular flexibility index (Phi) is 5.41. The third-order valence-corrected chi connectivity index (χ3v) is 4.98. The van der Waals surface area contributed by atoms with Gasteiger partial charge in [0, 0.05) is 32.2 Å². The van der Waals surface area contributed by atoms with Crippen LogP contribution >= 0.6 is 0 Å². The predicted molar refractivity (Wildman–Crippen MR) is 80.0 cm³/mol. The summed E-state index contributed by atoms with van der Waals surface area (Å²) in [5, 5.41) is 12.9. The molecule has 1 heterocycles. The minimum absolute atomic E-state index is 0.439. The zero-order valence-corrected chi connectivity index (χ0v) is 12.9. The lowest BCUT2D eigenvalue weighted by atomic mass is 9.97. The number of carbonyl (C=O) groups is 1. The van der Waals surface area contributed by atoms with E-state index in [9.17, 15) is 9.90 Å². The van der Waals surface area contributed by atoms with E-state index in [0.29, 0.717) is 6.04 Å². The summed E-state index contributed by atoms with van der Waals surface area (Å²) in [6.45, 7) is 10.6. The number of piperazine rings is 1. The number of carboxylic acid groups (broad SMARTS) is 1. The van der Waals surface area contributed by atoms with Crippen LogP contribution in [0.3, 0.4) is 0 Å². The number of likely N-dealkylation sites (N-methyl/N-ethyl adjacent to an activating group) is 1. The lowest BCUT2D eigenvalue weighted by molar-refractivity contribution is -0.144. The quantitative estimate of drug-likeness (QED) is 0.761. The monoisotopic (exact) mass is 283 g/mol. The molecule has 0 amide bonds. The van der Waals surface area contributed by atoms with Gasteiger partial charge in [-0.05, 0) is 38.8 Å². The Balaban J connectivity index is 1.91. The number of hydrogen-bond acceptors (Lipinski definition) is 4. The maximum atomic E-state index is 11.7. The molecular weight excluding hydrogens is 254 g/mol. The summed E-state index contributed by atoms with van der Waals surface area (Å²) >= 11 is 0. The van der Waals surface area contributed by atoms with Crippen LogP contribution in [-0.2, 0) is 4.79 Å². The van der Waals surface area contributed by atoms with E-state index in [1.54, 1.807) is 0 Å². The summed E-state index contributed by atoms with van der Waals surface area (Å²) in [5.41, 5.74) is -0.678. The van der Waals surface area contributed by atoms with Crippen molar-refractivity contribution in [2.75, 3.05) is 39.3 Å². The molecule has 2 atom stereocenters. The van der Waals surface area contributed by atoms with E-state index >= 15 is 0 Å². The summed E-state index contributed by atoms with van der Waals surface area (Å²) in [6.07, 6.45) is 3.51. The fourth-order valence-electron chi connectivity index (χ4n) is 3.57. The zero-order valence-electron chi connectivity index (χ0n) is 12.9. The van der Waals surface area contributed by atoms with E-state index in [4.69, 9.17) is 0 Å². The molecule has 1 aliphatic carbocycles. The van der Waals surface area contributed by atoms with E-state index in [1.165, 1.54) is 0 Å². The van der Waals surface area contributed by atoms with Crippen molar-refractivity contribution in [3.05, 3.63) is 0 Å². The summed E-state index contributed by atoms with van der Waals surface area (Å²) in [6, 6.07) is 0.439. The van der Waals surface area contributed by atoms with Gasteiger partial charge in [-0.3, -0.25) is 9.69 Å². The molecule has 0 spiro atoms. The van der Waals surface area contributed by atoms with Crippen LogP contribution in [0.25, 0.3) is 0 Å². The highest BCUT2D eigenvalue weighted by atomic mass is 16.4. The molecule has 1 saturated carbocycles. The molecule has 0 radical (unpaired) electrons. The van der Waals surface area contributed by atoms with E-state index in [2.05, 4.69) is 29.0 Å². The Morgan fingerprint density at radius 3 is 2.55 bits per heavy atom. The van der Waals surface area contributed by atoms with Gasteiger partial charge >= 0.3 is 5.97 Å². The molecule has 2 aliphatic rings. The largest absolute Gasteiger partial charge is 0.480 e. The van der Waals surface area contributed by atoms with Crippen LogP contribution in [0.4, 0.5) is 0 Å². The van der Waals surface area contributed by atoms with Crippen LogP contribution in [0.2, 0.25) is 0 Å². The Labute approximate surface area is 122 Å². The van der Waals surface area contributed by atoms with Gasteiger partial charge in [0.2, 0.25) is 0 Å². The highest BCUT2D eigenvalue weighted by molar-refractivity contribution is 5.79. The van der Waals surface area contributed by atoms with Crippen LogP contribution in [-0.4, -0.2) is 71.7 Å². The van der Waals surface area contributed by atoms with Crippen molar-refractivity contribution >= 4 is 5.97 Å². The number of hydrogen-bond donors (Lipinski definition) is 2. The minimum Gasteiger partial charge on any atom is -0.480 e. The summed E-state index contributed by atoms with van der Waals surface area (Å²) < 4.78 is 0. The van der Waals surface area contributed by atoms with Gasteiger partial charge in [0.1, 0.15) is 5.54 Å². The molecule has 20 heavy (non-hydrogen) atoms. The van der Waals surface area contributed by atoms with Gasteiger partial charge < -0.3 is 15.3 Å². The first kappa shape index (κ1) is 15.7. The molecule has 0 bridgehead atoms. The zero-order chi connectivity index (χ0) is 14.6. The average molecular weight is 283 g/mol. The topological polar surface area (TPSA) is 55.8 Å². The first-order chi connectivity index (χ1) is 9.61. The lowest BCUT2D eigenvalue weighted by Crippen LogP contribution is -2.53. The maximum Gasteiger partial charge on any atom is 0.323 e. The van der Waals surface area contributed by atoms with Gasteiger partial charge in [-0.15, -0.1) is 0 Å². The second-order valence-corrected chi connectivity index (χ2v) is 6.18. The Morgan fingerprint density at radius 1 is 1.30 bits per heavy atom. The molecule has 0 aromatic carbocycles. The summed E-state index contributed by atoms with van der Waals surface area (Å²) in [5.74, 6) is -0.666. The first-order valence-corrected chi connectivity index (χ1v) is 8.06. The Bertz CT molecular complexity index is 329. The van der Waals surface area contributed by atoms with E-state index in [0.717, 1.165) is 65.0 Å². The molecule has 1 saturated heterocycles. The molecular formula is C15H29N3O2.